The molecule has 0 spiro atoms. The molecule has 1 aromatic heterocycles. The number of aryl methyl sites for hydroxylation is 1. The number of hydrogen-bond acceptors (Lipinski definition) is 4. The van der Waals surface area contributed by atoms with Gasteiger partial charge in [0.1, 0.15) is 5.69 Å². The van der Waals surface area contributed by atoms with Gasteiger partial charge >= 0.3 is 0 Å². The van der Waals surface area contributed by atoms with Crippen molar-refractivity contribution in [2.24, 2.45) is 7.05 Å². The second-order valence-corrected chi connectivity index (χ2v) is 9.12. The predicted molar refractivity (Wildman–Crippen MR) is 137 cm³/mol. The summed E-state index contributed by atoms with van der Waals surface area (Å²) in [6, 6.07) is 16.9. The summed E-state index contributed by atoms with van der Waals surface area (Å²) in [7, 11) is 1.80. The van der Waals surface area contributed by atoms with Crippen LogP contribution in [0, 0.1) is 13.8 Å². The maximum Gasteiger partial charge on any atom is 0.295 e. The van der Waals surface area contributed by atoms with Crippen molar-refractivity contribution in [3.8, 4) is 5.69 Å². The smallest absolute Gasteiger partial charge is 0.295 e. The van der Waals surface area contributed by atoms with Crippen LogP contribution in [0.4, 0.5) is 5.69 Å². The SMILES string of the molecule is Cc1ccccc1CC(=O)N1CCN(C(C)C(=O)Nc2c(C)n(C)n(-c3ccccc3)c2=O)CC1. The summed E-state index contributed by atoms with van der Waals surface area (Å²) in [5, 5.41) is 2.86. The molecule has 1 atom stereocenters. The van der Waals surface area contributed by atoms with Gasteiger partial charge in [0.15, 0.2) is 0 Å². The number of amides is 2. The van der Waals surface area contributed by atoms with Crippen molar-refractivity contribution < 1.29 is 9.59 Å². The zero-order chi connectivity index (χ0) is 25.1. The van der Waals surface area contributed by atoms with Crippen molar-refractivity contribution in [3.05, 3.63) is 81.8 Å². The minimum absolute atomic E-state index is 0.109. The highest BCUT2D eigenvalue weighted by molar-refractivity contribution is 5.95. The molecule has 0 aliphatic carbocycles. The van der Waals surface area contributed by atoms with Crippen LogP contribution in [0.5, 0.6) is 0 Å². The predicted octanol–water partition coefficient (Wildman–Crippen LogP) is 2.51. The van der Waals surface area contributed by atoms with Gasteiger partial charge in [-0.1, -0.05) is 42.5 Å². The Bertz CT molecular complexity index is 1270. The van der Waals surface area contributed by atoms with Gasteiger partial charge in [-0.05, 0) is 44.0 Å². The van der Waals surface area contributed by atoms with Crippen LogP contribution >= 0.6 is 0 Å². The van der Waals surface area contributed by atoms with Crippen LogP contribution < -0.4 is 10.9 Å². The molecule has 1 N–H and O–H groups in total. The molecule has 0 radical (unpaired) electrons. The number of para-hydroxylation sites is 1. The summed E-state index contributed by atoms with van der Waals surface area (Å²) in [4.78, 5) is 42.9. The Hall–Kier alpha value is -3.65. The maximum atomic E-state index is 13.1. The highest BCUT2D eigenvalue weighted by Gasteiger charge is 2.29. The number of hydrogen-bond donors (Lipinski definition) is 1. The number of piperazine rings is 1. The molecule has 2 aromatic carbocycles. The summed E-state index contributed by atoms with van der Waals surface area (Å²) in [5.41, 5.74) is 3.62. The molecule has 2 amide bonds. The molecule has 0 bridgehead atoms. The van der Waals surface area contributed by atoms with Crippen molar-refractivity contribution in [1.29, 1.82) is 0 Å². The normalized spacial score (nSPS) is 15.1. The second-order valence-electron chi connectivity index (χ2n) is 9.12. The molecule has 1 fully saturated rings. The zero-order valence-corrected chi connectivity index (χ0v) is 20.8. The fraction of sp³-hybridized carbons (Fsp3) is 0.370. The molecule has 1 aliphatic heterocycles. The van der Waals surface area contributed by atoms with Gasteiger partial charge in [0.2, 0.25) is 11.8 Å². The summed E-state index contributed by atoms with van der Waals surface area (Å²) in [5.74, 6) is -0.117. The number of rotatable bonds is 6. The van der Waals surface area contributed by atoms with Gasteiger partial charge in [0, 0.05) is 33.2 Å². The zero-order valence-electron chi connectivity index (χ0n) is 20.8. The van der Waals surface area contributed by atoms with Crippen LogP contribution in [0.2, 0.25) is 0 Å². The van der Waals surface area contributed by atoms with Gasteiger partial charge in [0.25, 0.3) is 5.56 Å². The third-order valence-corrected chi connectivity index (χ3v) is 7.00. The number of carbonyl (C=O) groups is 2. The first-order chi connectivity index (χ1) is 16.8. The highest BCUT2D eigenvalue weighted by atomic mass is 16.2. The Morgan fingerprint density at radius 1 is 0.943 bits per heavy atom. The number of benzene rings is 2. The van der Waals surface area contributed by atoms with Gasteiger partial charge < -0.3 is 10.2 Å². The van der Waals surface area contributed by atoms with Gasteiger partial charge in [-0.3, -0.25) is 24.0 Å². The topological polar surface area (TPSA) is 79.6 Å². The molecule has 2 heterocycles. The Kier molecular flexibility index (Phi) is 7.21. The van der Waals surface area contributed by atoms with Gasteiger partial charge in [-0.2, -0.15) is 0 Å². The van der Waals surface area contributed by atoms with Gasteiger partial charge in [-0.15, -0.1) is 0 Å². The number of anilines is 1. The first-order valence-electron chi connectivity index (χ1n) is 12.0. The summed E-state index contributed by atoms with van der Waals surface area (Å²) < 4.78 is 3.30. The number of nitrogens with zero attached hydrogens (tertiary/aromatic N) is 4. The fourth-order valence-electron chi connectivity index (χ4n) is 4.55. The minimum atomic E-state index is -0.423. The first-order valence-corrected chi connectivity index (χ1v) is 12.0. The molecule has 4 rings (SSSR count). The van der Waals surface area contributed by atoms with Crippen molar-refractivity contribution in [3.63, 3.8) is 0 Å². The summed E-state index contributed by atoms with van der Waals surface area (Å²) in [6.07, 6.45) is 0.393. The van der Waals surface area contributed by atoms with E-state index < -0.39 is 6.04 Å². The molecule has 1 aliphatic rings. The first kappa shape index (κ1) is 24.5. The maximum absolute atomic E-state index is 13.1. The highest BCUT2D eigenvalue weighted by Crippen LogP contribution is 2.16. The van der Waals surface area contributed by atoms with E-state index in [0.29, 0.717) is 44.0 Å². The lowest BCUT2D eigenvalue weighted by atomic mass is 10.1. The van der Waals surface area contributed by atoms with Crippen LogP contribution in [0.15, 0.2) is 59.4 Å². The molecule has 0 saturated carbocycles. The van der Waals surface area contributed by atoms with E-state index in [1.165, 1.54) is 0 Å². The van der Waals surface area contributed by atoms with Crippen LogP contribution in [-0.2, 0) is 23.1 Å². The van der Waals surface area contributed by atoms with Crippen molar-refractivity contribution in [2.75, 3.05) is 31.5 Å². The molecule has 8 heteroatoms. The summed E-state index contributed by atoms with van der Waals surface area (Å²) in [6.45, 7) is 8.05. The lowest BCUT2D eigenvalue weighted by molar-refractivity contribution is -0.133. The quantitative estimate of drug-likeness (QED) is 0.594. The Balaban J connectivity index is 1.38. The third kappa shape index (κ3) is 5.07. The molecular weight excluding hydrogens is 442 g/mol. The minimum Gasteiger partial charge on any atom is -0.340 e. The van der Waals surface area contributed by atoms with Crippen molar-refractivity contribution >= 4 is 17.5 Å². The van der Waals surface area contributed by atoms with Gasteiger partial charge in [0.05, 0.1) is 23.8 Å². The molecule has 3 aromatic rings. The van der Waals surface area contributed by atoms with E-state index in [0.717, 1.165) is 16.8 Å². The van der Waals surface area contributed by atoms with Crippen LogP contribution in [0.25, 0.3) is 5.69 Å². The van der Waals surface area contributed by atoms with Gasteiger partial charge in [-0.25, -0.2) is 4.68 Å². The Morgan fingerprint density at radius 2 is 1.57 bits per heavy atom. The monoisotopic (exact) mass is 475 g/mol. The standard InChI is InChI=1S/C27H33N5O3/c1-19-10-8-9-11-22(19)18-24(33)31-16-14-30(15-17-31)21(3)26(34)28-25-20(2)29(4)32(27(25)35)23-12-6-5-7-13-23/h5-13,21H,14-18H2,1-4H3,(H,28,34). The van der Waals surface area contributed by atoms with E-state index in [9.17, 15) is 14.4 Å². The third-order valence-electron chi connectivity index (χ3n) is 7.00. The molecule has 8 nitrogen and oxygen atoms in total. The lowest BCUT2D eigenvalue weighted by Gasteiger charge is -2.37. The van der Waals surface area contributed by atoms with Crippen molar-refractivity contribution in [1.82, 2.24) is 19.2 Å². The van der Waals surface area contributed by atoms with E-state index in [4.69, 9.17) is 0 Å². The average Bonchev–Trinajstić information content (AvgIpc) is 3.08. The van der Waals surface area contributed by atoms with Crippen molar-refractivity contribution in [2.45, 2.75) is 33.2 Å². The molecule has 35 heavy (non-hydrogen) atoms. The molecule has 184 valence electrons. The van der Waals surface area contributed by atoms with E-state index in [-0.39, 0.29) is 17.4 Å². The number of carbonyl (C=O) groups excluding carboxylic acids is 2. The van der Waals surface area contributed by atoms with E-state index in [2.05, 4.69) is 10.2 Å². The average molecular weight is 476 g/mol. The van der Waals surface area contributed by atoms with Crippen LogP contribution in [0.3, 0.4) is 0 Å². The number of nitrogens with one attached hydrogen (secondary N) is 1. The van der Waals surface area contributed by atoms with E-state index in [1.54, 1.807) is 16.4 Å². The van der Waals surface area contributed by atoms with Crippen LogP contribution in [0.1, 0.15) is 23.7 Å². The number of aromatic nitrogens is 2. The molecular formula is C27H33N5O3. The fourth-order valence-corrected chi connectivity index (χ4v) is 4.55. The second kappa shape index (κ2) is 10.3. The molecule has 1 unspecified atom stereocenters. The Labute approximate surface area is 205 Å². The lowest BCUT2D eigenvalue weighted by Crippen LogP contribution is -2.54. The molecule has 1 saturated heterocycles. The van der Waals surface area contributed by atoms with E-state index in [1.807, 2.05) is 80.3 Å². The largest absolute Gasteiger partial charge is 0.340 e. The van der Waals surface area contributed by atoms with Crippen LogP contribution in [-0.4, -0.2) is 63.2 Å². The summed E-state index contributed by atoms with van der Waals surface area (Å²) >= 11 is 0. The Morgan fingerprint density at radius 3 is 2.23 bits per heavy atom. The van der Waals surface area contributed by atoms with E-state index >= 15 is 0 Å².